The lowest BCUT2D eigenvalue weighted by molar-refractivity contribution is 0.0451. The van der Waals surface area contributed by atoms with Crippen LogP contribution in [0.4, 0.5) is 0 Å². The number of methoxy groups -OCH3 is 2. The smallest absolute Gasteiger partial charge is 0.162 e. The van der Waals surface area contributed by atoms with Crippen LogP contribution in [0.3, 0.4) is 0 Å². The summed E-state index contributed by atoms with van der Waals surface area (Å²) in [6.45, 7) is 4.41. The number of rotatable bonds is 10. The second kappa shape index (κ2) is 8.90. The predicted octanol–water partition coefficient (Wildman–Crippen LogP) is 1.39. The summed E-state index contributed by atoms with van der Waals surface area (Å²) in [6, 6.07) is 0. The molecule has 0 bridgehead atoms. The van der Waals surface area contributed by atoms with Gasteiger partial charge in [0, 0.05) is 26.7 Å². The van der Waals surface area contributed by atoms with E-state index in [2.05, 4.69) is 12.0 Å². The van der Waals surface area contributed by atoms with Gasteiger partial charge in [-0.1, -0.05) is 6.92 Å². The zero-order chi connectivity index (χ0) is 14.1. The molecule has 1 aromatic rings. The van der Waals surface area contributed by atoms with Gasteiger partial charge in [0.15, 0.2) is 5.75 Å². The van der Waals surface area contributed by atoms with Crippen LogP contribution in [0.5, 0.6) is 5.75 Å². The van der Waals surface area contributed by atoms with E-state index in [0.29, 0.717) is 32.0 Å². The summed E-state index contributed by atoms with van der Waals surface area (Å²) in [4.78, 5) is 0. The molecule has 0 spiro atoms. The molecule has 6 heteroatoms. The van der Waals surface area contributed by atoms with E-state index in [1.165, 1.54) is 0 Å². The van der Waals surface area contributed by atoms with Crippen molar-refractivity contribution < 1.29 is 19.3 Å². The third kappa shape index (κ3) is 4.81. The van der Waals surface area contributed by atoms with Crippen LogP contribution in [0.2, 0.25) is 0 Å². The first kappa shape index (κ1) is 15.9. The van der Waals surface area contributed by atoms with Gasteiger partial charge in [-0.05, 0) is 6.42 Å². The number of hydrogen-bond donors (Lipinski definition) is 1. The molecule has 0 aliphatic carbocycles. The Morgan fingerprint density at radius 3 is 2.74 bits per heavy atom. The third-order valence-corrected chi connectivity index (χ3v) is 2.78. The molecule has 6 nitrogen and oxygen atoms in total. The van der Waals surface area contributed by atoms with E-state index in [1.54, 1.807) is 25.1 Å². The molecule has 110 valence electrons. The van der Waals surface area contributed by atoms with Crippen molar-refractivity contribution in [2.45, 2.75) is 32.4 Å². The second-order valence-electron chi connectivity index (χ2n) is 4.23. The molecule has 1 N–H and O–H groups in total. The Bertz CT molecular complexity index is 354. The molecule has 0 saturated carbocycles. The van der Waals surface area contributed by atoms with E-state index in [-0.39, 0.29) is 0 Å². The van der Waals surface area contributed by atoms with E-state index >= 15 is 0 Å². The molecule has 0 amide bonds. The Hall–Kier alpha value is -1.11. The van der Waals surface area contributed by atoms with Crippen molar-refractivity contribution in [3.63, 3.8) is 0 Å². The highest BCUT2D eigenvalue weighted by Gasteiger charge is 2.19. The van der Waals surface area contributed by atoms with Crippen molar-refractivity contribution in [1.82, 2.24) is 9.78 Å². The fourth-order valence-electron chi connectivity index (χ4n) is 1.84. The number of aliphatic hydroxyl groups is 1. The lowest BCUT2D eigenvalue weighted by Gasteiger charge is -2.14. The van der Waals surface area contributed by atoms with Crippen LogP contribution in [0.15, 0.2) is 6.20 Å². The van der Waals surface area contributed by atoms with Crippen molar-refractivity contribution in [3.8, 4) is 5.75 Å². The molecule has 0 radical (unpaired) electrons. The van der Waals surface area contributed by atoms with Crippen molar-refractivity contribution in [2.24, 2.45) is 0 Å². The van der Waals surface area contributed by atoms with E-state index < -0.39 is 6.10 Å². The average molecular weight is 272 g/mol. The number of nitrogens with zero attached hydrogens (tertiary/aromatic N) is 2. The standard InChI is InChI=1S/C13H24N2O4/c1-4-6-15-13(12(18-3)10-14-15)11(16)5-7-19-9-8-17-2/h10-11,16H,4-9H2,1-3H3. The lowest BCUT2D eigenvalue weighted by atomic mass is 10.2. The average Bonchev–Trinajstić information content (AvgIpc) is 2.81. The van der Waals surface area contributed by atoms with E-state index in [9.17, 15) is 5.11 Å². The number of hydrogen-bond acceptors (Lipinski definition) is 5. The van der Waals surface area contributed by atoms with Gasteiger partial charge in [-0.2, -0.15) is 5.10 Å². The maximum Gasteiger partial charge on any atom is 0.162 e. The molecule has 1 aromatic heterocycles. The van der Waals surface area contributed by atoms with Gasteiger partial charge >= 0.3 is 0 Å². The van der Waals surface area contributed by atoms with Gasteiger partial charge in [-0.3, -0.25) is 4.68 Å². The molecule has 0 fully saturated rings. The van der Waals surface area contributed by atoms with Gasteiger partial charge in [-0.25, -0.2) is 0 Å². The summed E-state index contributed by atoms with van der Waals surface area (Å²) in [6.07, 6.45) is 2.47. The van der Waals surface area contributed by atoms with Crippen LogP contribution in [-0.2, 0) is 16.0 Å². The van der Waals surface area contributed by atoms with Crippen LogP contribution in [0.1, 0.15) is 31.6 Å². The Morgan fingerprint density at radius 2 is 2.11 bits per heavy atom. The van der Waals surface area contributed by atoms with Gasteiger partial charge in [0.25, 0.3) is 0 Å². The monoisotopic (exact) mass is 272 g/mol. The molecule has 0 aliphatic heterocycles. The van der Waals surface area contributed by atoms with Crippen molar-refractivity contribution >= 4 is 0 Å². The molecular formula is C13H24N2O4. The van der Waals surface area contributed by atoms with Crippen LogP contribution in [0.25, 0.3) is 0 Å². The lowest BCUT2D eigenvalue weighted by Crippen LogP contribution is -2.13. The highest BCUT2D eigenvalue weighted by molar-refractivity contribution is 5.27. The van der Waals surface area contributed by atoms with Crippen LogP contribution >= 0.6 is 0 Å². The number of aliphatic hydroxyl groups excluding tert-OH is 1. The Kier molecular flexibility index (Phi) is 7.47. The first-order valence-corrected chi connectivity index (χ1v) is 6.59. The largest absolute Gasteiger partial charge is 0.493 e. The minimum atomic E-state index is -0.633. The van der Waals surface area contributed by atoms with Crippen molar-refractivity contribution in [1.29, 1.82) is 0 Å². The molecule has 1 unspecified atom stereocenters. The normalized spacial score (nSPS) is 12.6. The maximum atomic E-state index is 10.2. The zero-order valence-corrected chi connectivity index (χ0v) is 12.0. The Balaban J connectivity index is 2.54. The molecule has 0 saturated heterocycles. The first-order valence-electron chi connectivity index (χ1n) is 6.59. The summed E-state index contributed by atoms with van der Waals surface area (Å²) >= 11 is 0. The molecule has 1 heterocycles. The highest BCUT2D eigenvalue weighted by Crippen LogP contribution is 2.27. The van der Waals surface area contributed by atoms with Gasteiger partial charge in [0.1, 0.15) is 11.8 Å². The van der Waals surface area contributed by atoms with E-state index in [0.717, 1.165) is 18.7 Å². The SMILES string of the molecule is CCCn1ncc(OC)c1C(O)CCOCCOC. The fraction of sp³-hybridized carbons (Fsp3) is 0.769. The fourth-order valence-corrected chi connectivity index (χ4v) is 1.84. The van der Waals surface area contributed by atoms with Crippen LogP contribution in [0, 0.1) is 0 Å². The summed E-state index contributed by atoms with van der Waals surface area (Å²) in [5.41, 5.74) is 0.722. The van der Waals surface area contributed by atoms with Gasteiger partial charge in [-0.15, -0.1) is 0 Å². The van der Waals surface area contributed by atoms with Crippen molar-refractivity contribution in [2.75, 3.05) is 34.0 Å². The van der Waals surface area contributed by atoms with Gasteiger partial charge in [0.05, 0.1) is 26.5 Å². The third-order valence-electron chi connectivity index (χ3n) is 2.78. The Labute approximate surface area is 114 Å². The molecule has 0 aromatic carbocycles. The number of ether oxygens (including phenoxy) is 3. The Morgan fingerprint density at radius 1 is 1.32 bits per heavy atom. The van der Waals surface area contributed by atoms with Gasteiger partial charge < -0.3 is 19.3 Å². The van der Waals surface area contributed by atoms with Crippen LogP contribution in [-0.4, -0.2) is 48.9 Å². The summed E-state index contributed by atoms with van der Waals surface area (Å²) in [5.74, 6) is 0.623. The first-order chi connectivity index (χ1) is 9.24. The molecule has 0 aliphatic rings. The molecule has 19 heavy (non-hydrogen) atoms. The molecular weight excluding hydrogens is 248 g/mol. The van der Waals surface area contributed by atoms with Crippen molar-refractivity contribution in [3.05, 3.63) is 11.9 Å². The second-order valence-corrected chi connectivity index (χ2v) is 4.23. The minimum Gasteiger partial charge on any atom is -0.493 e. The minimum absolute atomic E-state index is 0.477. The summed E-state index contributed by atoms with van der Waals surface area (Å²) in [5, 5.41) is 14.5. The quantitative estimate of drug-likeness (QED) is 0.652. The molecule has 1 atom stereocenters. The van der Waals surface area contributed by atoms with E-state index in [4.69, 9.17) is 14.2 Å². The predicted molar refractivity (Wildman–Crippen MR) is 71.3 cm³/mol. The van der Waals surface area contributed by atoms with E-state index in [1.807, 2.05) is 0 Å². The number of aryl methyl sites for hydroxylation is 1. The number of aromatic nitrogens is 2. The summed E-state index contributed by atoms with van der Waals surface area (Å²) in [7, 11) is 3.21. The maximum absolute atomic E-state index is 10.2. The topological polar surface area (TPSA) is 65.7 Å². The molecule has 1 rings (SSSR count). The van der Waals surface area contributed by atoms with Crippen LogP contribution < -0.4 is 4.74 Å². The van der Waals surface area contributed by atoms with Gasteiger partial charge in [0.2, 0.25) is 0 Å². The highest BCUT2D eigenvalue weighted by atomic mass is 16.5. The summed E-state index contributed by atoms with van der Waals surface area (Å²) < 4.78 is 17.3. The zero-order valence-electron chi connectivity index (χ0n) is 12.0.